The molecule has 1 heterocycles. The van der Waals surface area contributed by atoms with Crippen LogP contribution in [0.2, 0.25) is 0 Å². The normalized spacial score (nSPS) is 10.2. The summed E-state index contributed by atoms with van der Waals surface area (Å²) in [5.74, 6) is -0.0840. The van der Waals surface area contributed by atoms with Gasteiger partial charge in [-0.3, -0.25) is 4.68 Å². The predicted octanol–water partition coefficient (Wildman–Crippen LogP) is 1.45. The second kappa shape index (κ2) is 5.16. The van der Waals surface area contributed by atoms with E-state index in [1.54, 1.807) is 0 Å². The second-order valence-corrected chi connectivity index (χ2v) is 2.28. The first-order valence-electron chi connectivity index (χ1n) is 3.03. The third-order valence-corrected chi connectivity index (χ3v) is 1.16. The van der Waals surface area contributed by atoms with Gasteiger partial charge >= 0.3 is 6.18 Å². The van der Waals surface area contributed by atoms with E-state index in [-0.39, 0.29) is 36.3 Å². The lowest BCUT2D eigenvalue weighted by Gasteiger charge is -2.04. The highest BCUT2D eigenvalue weighted by Gasteiger charge is 2.28. The summed E-state index contributed by atoms with van der Waals surface area (Å²) in [5.41, 5.74) is 10.4. The number of halogens is 5. The summed E-state index contributed by atoms with van der Waals surface area (Å²) >= 11 is 0. The van der Waals surface area contributed by atoms with Crippen molar-refractivity contribution >= 4 is 36.3 Å². The van der Waals surface area contributed by atoms with Crippen LogP contribution in [0.4, 0.5) is 24.7 Å². The van der Waals surface area contributed by atoms with E-state index >= 15 is 0 Å². The molecule has 0 spiro atoms. The molecule has 84 valence electrons. The van der Waals surface area contributed by atoms with Crippen molar-refractivity contribution in [2.45, 2.75) is 12.7 Å². The van der Waals surface area contributed by atoms with E-state index in [2.05, 4.69) is 5.10 Å². The standard InChI is InChI=1S/C5H7F3N4.2ClH/c6-5(7,8)2-12-1-3(9)4(10)11-12;;/h1H,2,9H2,(H2,10,11);2*1H. The Morgan fingerprint density at radius 3 is 2.07 bits per heavy atom. The summed E-state index contributed by atoms with van der Waals surface area (Å²) in [4.78, 5) is 0. The van der Waals surface area contributed by atoms with Crippen molar-refractivity contribution in [3.05, 3.63) is 6.20 Å². The Labute approximate surface area is 90.3 Å². The zero-order valence-electron chi connectivity index (χ0n) is 6.78. The van der Waals surface area contributed by atoms with Gasteiger partial charge < -0.3 is 11.5 Å². The Bertz CT molecular complexity index is 265. The lowest BCUT2D eigenvalue weighted by molar-refractivity contribution is -0.142. The molecule has 1 aromatic heterocycles. The van der Waals surface area contributed by atoms with Gasteiger partial charge in [-0.25, -0.2) is 0 Å². The fourth-order valence-corrected chi connectivity index (χ4v) is 0.716. The lowest BCUT2D eigenvalue weighted by Crippen LogP contribution is -2.18. The van der Waals surface area contributed by atoms with Gasteiger partial charge in [0.15, 0.2) is 5.82 Å². The monoisotopic (exact) mass is 252 g/mol. The average molecular weight is 253 g/mol. The minimum Gasteiger partial charge on any atom is -0.394 e. The molecule has 0 amide bonds. The number of rotatable bonds is 1. The van der Waals surface area contributed by atoms with Crippen LogP contribution in [0.3, 0.4) is 0 Å². The highest BCUT2D eigenvalue weighted by molar-refractivity contribution is 5.85. The SMILES string of the molecule is Cl.Cl.Nc1cn(CC(F)(F)F)nc1N. The molecule has 0 saturated heterocycles. The third-order valence-electron chi connectivity index (χ3n) is 1.16. The summed E-state index contributed by atoms with van der Waals surface area (Å²) in [6, 6.07) is 0. The van der Waals surface area contributed by atoms with Crippen molar-refractivity contribution in [1.82, 2.24) is 9.78 Å². The van der Waals surface area contributed by atoms with Crippen LogP contribution in [-0.2, 0) is 6.54 Å². The predicted molar refractivity (Wildman–Crippen MR) is 51.6 cm³/mol. The van der Waals surface area contributed by atoms with Crippen LogP contribution in [0.25, 0.3) is 0 Å². The first-order chi connectivity index (χ1) is 5.38. The molecule has 0 saturated carbocycles. The minimum atomic E-state index is -4.30. The summed E-state index contributed by atoms with van der Waals surface area (Å²) in [6.45, 7) is -1.17. The molecular weight excluding hydrogens is 244 g/mol. The van der Waals surface area contributed by atoms with Crippen LogP contribution in [0.5, 0.6) is 0 Å². The number of hydrogen-bond donors (Lipinski definition) is 2. The fraction of sp³-hybridized carbons (Fsp3) is 0.400. The number of nitrogen functional groups attached to an aromatic ring is 2. The summed E-state index contributed by atoms with van der Waals surface area (Å²) in [5, 5.41) is 3.35. The molecule has 1 rings (SSSR count). The van der Waals surface area contributed by atoms with E-state index in [1.165, 1.54) is 0 Å². The molecule has 0 aliphatic heterocycles. The van der Waals surface area contributed by atoms with E-state index in [4.69, 9.17) is 11.5 Å². The average Bonchev–Trinajstić information content (AvgIpc) is 2.07. The van der Waals surface area contributed by atoms with Crippen LogP contribution < -0.4 is 11.5 Å². The number of hydrogen-bond acceptors (Lipinski definition) is 3. The molecule has 0 bridgehead atoms. The quantitative estimate of drug-likeness (QED) is 0.795. The van der Waals surface area contributed by atoms with Gasteiger partial charge in [0.2, 0.25) is 0 Å². The van der Waals surface area contributed by atoms with E-state index in [0.717, 1.165) is 6.20 Å². The van der Waals surface area contributed by atoms with Gasteiger partial charge in [0.05, 0.1) is 11.9 Å². The van der Waals surface area contributed by atoms with E-state index in [1.807, 2.05) is 0 Å². The first kappa shape index (κ1) is 15.6. The number of aromatic nitrogens is 2. The molecule has 0 atom stereocenters. The largest absolute Gasteiger partial charge is 0.408 e. The maximum atomic E-state index is 11.7. The second-order valence-electron chi connectivity index (χ2n) is 2.28. The molecule has 4 N–H and O–H groups in total. The highest BCUT2D eigenvalue weighted by Crippen LogP contribution is 2.19. The number of nitrogens with two attached hydrogens (primary N) is 2. The zero-order valence-corrected chi connectivity index (χ0v) is 8.42. The van der Waals surface area contributed by atoms with Crippen molar-refractivity contribution in [2.75, 3.05) is 11.5 Å². The Morgan fingerprint density at radius 1 is 1.29 bits per heavy atom. The van der Waals surface area contributed by atoms with Gasteiger partial charge in [-0.1, -0.05) is 0 Å². The number of nitrogens with zero attached hydrogens (tertiary/aromatic N) is 2. The van der Waals surface area contributed by atoms with E-state index in [0.29, 0.717) is 4.68 Å². The third kappa shape index (κ3) is 4.43. The lowest BCUT2D eigenvalue weighted by atomic mass is 10.5. The van der Waals surface area contributed by atoms with Crippen LogP contribution in [0, 0.1) is 0 Å². The molecule has 4 nitrogen and oxygen atoms in total. The molecular formula is C5H9Cl2F3N4. The van der Waals surface area contributed by atoms with Crippen LogP contribution in [-0.4, -0.2) is 16.0 Å². The van der Waals surface area contributed by atoms with Gasteiger partial charge in [0.1, 0.15) is 6.54 Å². The topological polar surface area (TPSA) is 69.9 Å². The minimum absolute atomic E-state index is 0. The molecule has 0 aromatic carbocycles. The number of anilines is 2. The maximum Gasteiger partial charge on any atom is 0.408 e. The van der Waals surface area contributed by atoms with Crippen molar-refractivity contribution in [2.24, 2.45) is 0 Å². The van der Waals surface area contributed by atoms with Crippen molar-refractivity contribution in [3.63, 3.8) is 0 Å². The Morgan fingerprint density at radius 2 is 1.79 bits per heavy atom. The fourth-order valence-electron chi connectivity index (χ4n) is 0.716. The van der Waals surface area contributed by atoms with Crippen molar-refractivity contribution in [1.29, 1.82) is 0 Å². The zero-order chi connectivity index (χ0) is 9.35. The van der Waals surface area contributed by atoms with Gasteiger partial charge in [-0.05, 0) is 0 Å². The molecule has 0 radical (unpaired) electrons. The van der Waals surface area contributed by atoms with Gasteiger partial charge in [-0.2, -0.15) is 18.3 Å². The molecule has 0 aliphatic rings. The Balaban J connectivity index is 0. The summed E-state index contributed by atoms with van der Waals surface area (Å²) in [6.07, 6.45) is -3.26. The molecule has 1 aromatic rings. The van der Waals surface area contributed by atoms with Gasteiger partial charge in [0.25, 0.3) is 0 Å². The van der Waals surface area contributed by atoms with Crippen LogP contribution >= 0.6 is 24.8 Å². The molecule has 0 fully saturated rings. The number of alkyl halides is 3. The van der Waals surface area contributed by atoms with E-state index in [9.17, 15) is 13.2 Å². The Kier molecular flexibility index (Phi) is 5.76. The summed E-state index contributed by atoms with van der Waals surface area (Å²) < 4.78 is 35.9. The molecule has 0 aliphatic carbocycles. The van der Waals surface area contributed by atoms with E-state index < -0.39 is 12.7 Å². The first-order valence-corrected chi connectivity index (χ1v) is 3.03. The summed E-state index contributed by atoms with van der Waals surface area (Å²) in [7, 11) is 0. The van der Waals surface area contributed by atoms with Gasteiger partial charge in [-0.15, -0.1) is 24.8 Å². The van der Waals surface area contributed by atoms with Gasteiger partial charge in [0, 0.05) is 0 Å². The smallest absolute Gasteiger partial charge is 0.394 e. The van der Waals surface area contributed by atoms with Crippen LogP contribution in [0.15, 0.2) is 6.20 Å². The molecule has 0 unspecified atom stereocenters. The Hall–Kier alpha value is -0.820. The maximum absolute atomic E-state index is 11.7. The molecule has 9 heteroatoms. The van der Waals surface area contributed by atoms with Crippen LogP contribution in [0.1, 0.15) is 0 Å². The molecule has 14 heavy (non-hydrogen) atoms. The van der Waals surface area contributed by atoms with Crippen molar-refractivity contribution < 1.29 is 13.2 Å². The highest BCUT2D eigenvalue weighted by atomic mass is 35.5. The van der Waals surface area contributed by atoms with Crippen molar-refractivity contribution in [3.8, 4) is 0 Å².